The summed E-state index contributed by atoms with van der Waals surface area (Å²) in [6.45, 7) is 1.86. The van der Waals surface area contributed by atoms with Crippen LogP contribution < -0.4 is 5.32 Å². The first-order valence-electron chi connectivity index (χ1n) is 7.35. The average molecular weight is 338 g/mol. The molecule has 0 aromatic heterocycles. The lowest BCUT2D eigenvalue weighted by molar-refractivity contribution is -0.115. The Morgan fingerprint density at radius 2 is 2.12 bits per heavy atom. The maximum atomic E-state index is 12.2. The Hall–Kier alpha value is -2.78. The minimum absolute atomic E-state index is 0.0256. The van der Waals surface area contributed by atoms with E-state index in [4.69, 9.17) is 10.00 Å². The van der Waals surface area contributed by atoms with Gasteiger partial charge in [-0.1, -0.05) is 18.2 Å². The Morgan fingerprint density at radius 1 is 1.33 bits per heavy atom. The van der Waals surface area contributed by atoms with E-state index in [1.54, 1.807) is 42.5 Å². The van der Waals surface area contributed by atoms with Gasteiger partial charge in [0.1, 0.15) is 6.61 Å². The van der Waals surface area contributed by atoms with Crippen LogP contribution in [0.5, 0.6) is 0 Å². The number of carbonyl (C=O) groups excluding carboxylic acids is 2. The molecule has 24 heavy (non-hydrogen) atoms. The zero-order valence-electron chi connectivity index (χ0n) is 12.9. The number of nitriles is 1. The van der Waals surface area contributed by atoms with Crippen LogP contribution in [-0.4, -0.2) is 17.1 Å². The highest BCUT2D eigenvalue weighted by Crippen LogP contribution is 2.36. The maximum absolute atomic E-state index is 12.2. The first-order valence-corrected chi connectivity index (χ1v) is 8.23. The summed E-state index contributed by atoms with van der Waals surface area (Å²) in [5.74, 6) is -0.579. The van der Waals surface area contributed by atoms with Crippen LogP contribution in [-0.2, 0) is 16.1 Å². The van der Waals surface area contributed by atoms with Crippen LogP contribution in [0.3, 0.4) is 0 Å². The number of benzene rings is 2. The quantitative estimate of drug-likeness (QED) is 0.868. The third-order valence-electron chi connectivity index (χ3n) is 3.64. The monoisotopic (exact) mass is 338 g/mol. The van der Waals surface area contributed by atoms with Gasteiger partial charge < -0.3 is 10.1 Å². The van der Waals surface area contributed by atoms with Crippen LogP contribution >= 0.6 is 11.8 Å². The van der Waals surface area contributed by atoms with Crippen LogP contribution in [0.1, 0.15) is 28.4 Å². The van der Waals surface area contributed by atoms with Crippen molar-refractivity contribution < 1.29 is 14.3 Å². The molecule has 1 amide bonds. The molecule has 1 aliphatic heterocycles. The number of ether oxygens (including phenoxy) is 1. The van der Waals surface area contributed by atoms with Crippen molar-refractivity contribution in [3.63, 3.8) is 0 Å². The third-order valence-corrected chi connectivity index (χ3v) is 4.82. The summed E-state index contributed by atoms with van der Waals surface area (Å²) in [5.41, 5.74) is 2.12. The van der Waals surface area contributed by atoms with Gasteiger partial charge in [-0.3, -0.25) is 4.79 Å². The van der Waals surface area contributed by atoms with Gasteiger partial charge in [-0.05, 0) is 31.2 Å². The number of esters is 1. The largest absolute Gasteiger partial charge is 0.457 e. The molecule has 2 aromatic rings. The number of thioether (sulfide) groups is 1. The molecule has 5 nitrogen and oxygen atoms in total. The second-order valence-electron chi connectivity index (χ2n) is 5.31. The van der Waals surface area contributed by atoms with Crippen molar-refractivity contribution >= 4 is 29.3 Å². The summed E-state index contributed by atoms with van der Waals surface area (Å²) in [7, 11) is 0. The molecule has 0 saturated carbocycles. The minimum atomic E-state index is -0.497. The highest BCUT2D eigenvalue weighted by molar-refractivity contribution is 8.00. The Labute approximate surface area is 143 Å². The number of hydrogen-bond donors (Lipinski definition) is 1. The first-order chi connectivity index (χ1) is 11.6. The third kappa shape index (κ3) is 3.26. The summed E-state index contributed by atoms with van der Waals surface area (Å²) in [6, 6.07) is 14.1. The molecule has 2 aromatic carbocycles. The van der Waals surface area contributed by atoms with E-state index in [0.29, 0.717) is 22.4 Å². The Kier molecular flexibility index (Phi) is 4.54. The highest BCUT2D eigenvalue weighted by atomic mass is 32.2. The van der Waals surface area contributed by atoms with E-state index in [0.717, 1.165) is 4.90 Å². The summed E-state index contributed by atoms with van der Waals surface area (Å²) in [4.78, 5) is 24.9. The smallest absolute Gasteiger partial charge is 0.338 e. The molecule has 6 heteroatoms. The van der Waals surface area contributed by atoms with Crippen molar-refractivity contribution in [2.45, 2.75) is 23.7 Å². The van der Waals surface area contributed by atoms with E-state index in [-0.39, 0.29) is 17.8 Å². The van der Waals surface area contributed by atoms with Crippen LogP contribution in [0.4, 0.5) is 5.69 Å². The molecule has 1 heterocycles. The number of rotatable bonds is 3. The summed E-state index contributed by atoms with van der Waals surface area (Å²) < 4.78 is 5.29. The zero-order valence-corrected chi connectivity index (χ0v) is 13.7. The van der Waals surface area contributed by atoms with Gasteiger partial charge in [-0.2, -0.15) is 5.26 Å². The van der Waals surface area contributed by atoms with Gasteiger partial charge in [-0.15, -0.1) is 11.8 Å². The molecule has 1 N–H and O–H groups in total. The van der Waals surface area contributed by atoms with Crippen molar-refractivity contribution in [3.8, 4) is 6.07 Å². The highest BCUT2D eigenvalue weighted by Gasteiger charge is 2.24. The van der Waals surface area contributed by atoms with E-state index in [2.05, 4.69) is 11.4 Å². The van der Waals surface area contributed by atoms with Gasteiger partial charge in [0, 0.05) is 10.5 Å². The van der Waals surface area contributed by atoms with Crippen LogP contribution in [0.25, 0.3) is 0 Å². The molecule has 0 aliphatic carbocycles. The van der Waals surface area contributed by atoms with E-state index in [1.165, 1.54) is 11.8 Å². The normalized spacial score (nSPS) is 15.8. The predicted octanol–water partition coefficient (Wildman–Crippen LogP) is 3.35. The predicted molar refractivity (Wildman–Crippen MR) is 90.7 cm³/mol. The Balaban J connectivity index is 1.73. The van der Waals surface area contributed by atoms with Gasteiger partial charge in [0.2, 0.25) is 5.91 Å². The van der Waals surface area contributed by atoms with Gasteiger partial charge in [0.05, 0.1) is 28.1 Å². The molecule has 0 saturated heterocycles. The van der Waals surface area contributed by atoms with Gasteiger partial charge in [0.25, 0.3) is 0 Å². The van der Waals surface area contributed by atoms with Crippen molar-refractivity contribution in [1.29, 1.82) is 5.26 Å². The van der Waals surface area contributed by atoms with Crippen LogP contribution in [0, 0.1) is 11.3 Å². The Morgan fingerprint density at radius 3 is 2.92 bits per heavy atom. The number of anilines is 1. The standard InChI is InChI=1S/C18H14N2O3S/c1-11-17(21)20-15-8-12(6-7-16(15)24-11)18(22)23-10-14-5-3-2-4-13(14)9-19/h2-8,11H,10H2,1H3,(H,20,21). The number of hydrogen-bond acceptors (Lipinski definition) is 5. The molecule has 0 radical (unpaired) electrons. The van der Waals surface area contributed by atoms with Crippen LogP contribution in [0.2, 0.25) is 0 Å². The maximum Gasteiger partial charge on any atom is 0.338 e. The van der Waals surface area contributed by atoms with E-state index in [9.17, 15) is 9.59 Å². The summed E-state index contributed by atoms with van der Waals surface area (Å²) >= 11 is 1.46. The number of carbonyl (C=O) groups is 2. The van der Waals surface area contributed by atoms with Crippen molar-refractivity contribution in [2.75, 3.05) is 5.32 Å². The fourth-order valence-corrected chi connectivity index (χ4v) is 3.25. The lowest BCUT2D eigenvalue weighted by atomic mass is 10.1. The number of fused-ring (bicyclic) bond motifs is 1. The van der Waals surface area contributed by atoms with Crippen molar-refractivity contribution in [1.82, 2.24) is 0 Å². The SMILES string of the molecule is CC1Sc2ccc(C(=O)OCc3ccccc3C#N)cc2NC1=O. The average Bonchev–Trinajstić information content (AvgIpc) is 2.60. The van der Waals surface area contributed by atoms with E-state index in [1.807, 2.05) is 6.92 Å². The minimum Gasteiger partial charge on any atom is -0.457 e. The molecule has 1 atom stereocenters. The fourth-order valence-electron chi connectivity index (χ4n) is 2.32. The second kappa shape index (κ2) is 6.77. The topological polar surface area (TPSA) is 79.2 Å². The van der Waals surface area contributed by atoms with Crippen molar-refractivity contribution in [2.24, 2.45) is 0 Å². The Bertz CT molecular complexity index is 858. The molecule has 120 valence electrons. The van der Waals surface area contributed by atoms with Crippen LogP contribution in [0.15, 0.2) is 47.4 Å². The van der Waals surface area contributed by atoms with Gasteiger partial charge in [-0.25, -0.2) is 4.79 Å². The zero-order chi connectivity index (χ0) is 17.1. The second-order valence-corrected chi connectivity index (χ2v) is 6.69. The van der Waals surface area contributed by atoms with Crippen molar-refractivity contribution in [3.05, 3.63) is 59.2 Å². The number of nitrogens with zero attached hydrogens (tertiary/aromatic N) is 1. The fraction of sp³-hybridized carbons (Fsp3) is 0.167. The summed E-state index contributed by atoms with van der Waals surface area (Å²) in [6.07, 6.45) is 0. The number of amides is 1. The summed E-state index contributed by atoms with van der Waals surface area (Å²) in [5, 5.41) is 11.7. The van der Waals surface area contributed by atoms with Gasteiger partial charge in [0.15, 0.2) is 0 Å². The molecule has 1 aliphatic rings. The first kappa shape index (κ1) is 16.1. The molecule has 0 fully saturated rings. The molecule has 1 unspecified atom stereocenters. The molecule has 3 rings (SSSR count). The molecule has 0 bridgehead atoms. The molecular formula is C18H14N2O3S. The van der Waals surface area contributed by atoms with E-state index >= 15 is 0 Å². The lowest BCUT2D eigenvalue weighted by Crippen LogP contribution is -2.26. The lowest BCUT2D eigenvalue weighted by Gasteiger charge is -2.21. The number of nitrogens with one attached hydrogen (secondary N) is 1. The van der Waals surface area contributed by atoms with Gasteiger partial charge >= 0.3 is 5.97 Å². The van der Waals surface area contributed by atoms with E-state index < -0.39 is 5.97 Å². The molecular weight excluding hydrogens is 324 g/mol. The molecule has 0 spiro atoms.